The van der Waals surface area contributed by atoms with Gasteiger partial charge in [-0.1, -0.05) is 0 Å². The maximum absolute atomic E-state index is 5.60. The third kappa shape index (κ3) is 20.8. The molecule has 0 radical (unpaired) electrons. The van der Waals surface area contributed by atoms with Crippen molar-refractivity contribution in [1.82, 2.24) is 0 Å². The summed E-state index contributed by atoms with van der Waals surface area (Å²) < 4.78 is 0. The molecule has 0 nitrogen and oxygen atoms in total. The Kier molecular flexibility index (Phi) is 45.4. The van der Waals surface area contributed by atoms with E-state index in [-0.39, 0.29) is 119 Å². The molecule has 0 aliphatic carbocycles. The Morgan fingerprint density at radius 1 is 0.450 bits per heavy atom. The summed E-state index contributed by atoms with van der Waals surface area (Å²) in [6.45, 7) is -1.57. The van der Waals surface area contributed by atoms with Crippen molar-refractivity contribution in [2.45, 2.75) is 0 Å². The van der Waals surface area contributed by atoms with Crippen LogP contribution in [-0.4, -0.2) is 5.43 Å². The van der Waals surface area contributed by atoms with Gasteiger partial charge in [0, 0.05) is 0 Å². The fourth-order valence-electron chi connectivity index (χ4n) is 2.15. The first-order chi connectivity index (χ1) is 18.4. The van der Waals surface area contributed by atoms with Crippen LogP contribution in [0, 0.1) is 0 Å². The molecule has 0 heterocycles. The molecule has 0 bridgehead atoms. The van der Waals surface area contributed by atoms with Crippen LogP contribution in [0.3, 0.4) is 0 Å². The molecular weight excluding hydrogens is 1220 g/mol. The number of rotatable bonds is 19. The molecule has 0 rings (SSSR count). The fourth-order valence-corrected chi connectivity index (χ4v) is 512. The van der Waals surface area contributed by atoms with Crippen molar-refractivity contribution in [3.05, 3.63) is 0 Å². The van der Waals surface area contributed by atoms with E-state index in [9.17, 15) is 0 Å². The molecule has 0 spiro atoms. The summed E-state index contributed by atoms with van der Waals surface area (Å²) in [7, 11) is 64.5. The van der Waals surface area contributed by atoms with Crippen molar-refractivity contribution in [2.24, 2.45) is 0 Å². The van der Waals surface area contributed by atoms with Gasteiger partial charge in [0.2, 0.25) is 0 Å². The average Bonchev–Trinajstić information content (AvgIpc) is 2.79. The predicted molar refractivity (Wildman–Crippen MR) is 330 cm³/mol. The monoisotopic (exact) mass is 1260 g/mol. The Hall–Kier alpha value is 16.4. The van der Waals surface area contributed by atoms with Gasteiger partial charge in [-0.2, -0.15) is 0 Å². The van der Waals surface area contributed by atoms with Crippen LogP contribution in [0.5, 0.6) is 0 Å². The minimum atomic E-state index is -0.138. The maximum atomic E-state index is 5.60. The molecular formula is H38BP37S2. The SMILES string of the molecule is PPP(P)P(P(P(P)P)P(P)P)P(P(/P=[SH]/B=S)P(P(P(P)P)P(P)P)P(P(P)P)P(P)P)P(P(P)P)P(P)P. The van der Waals surface area contributed by atoms with E-state index in [1.807, 2.05) is 0 Å². The minimum absolute atomic E-state index is 0.0275. The summed E-state index contributed by atoms with van der Waals surface area (Å²) in [5.74, 6) is 0. The summed E-state index contributed by atoms with van der Waals surface area (Å²) in [5.41, 5.74) is 2.06. The summed E-state index contributed by atoms with van der Waals surface area (Å²) in [4.78, 5) is 0. The Morgan fingerprint density at radius 2 is 0.700 bits per heavy atom. The first kappa shape index (κ1) is 56.4. The second-order valence-corrected chi connectivity index (χ2v) is 157. The van der Waals surface area contributed by atoms with Crippen LogP contribution >= 0.6 is 307 Å². The number of thiol groups is 1. The van der Waals surface area contributed by atoms with Crippen molar-refractivity contribution >= 4 is 323 Å². The molecule has 0 saturated heterocycles. The number of hydrogen-bond donors (Lipinski definition) is 1. The molecule has 0 aromatic heterocycles. The standard InChI is InChI=1S/BH38P37S2/c2-20-30(19)36(32(22(3)4)23(5)6)38(35(28(15)16)29(17)18)31(21-40-1-39)37(33(24(7)8)25(9)10)34(26(11)12)27(13)14/h20,40H,2-19H2. The molecule has 0 fully saturated rings. The second-order valence-electron chi connectivity index (χ2n) is 5.97. The first-order valence-corrected chi connectivity index (χ1v) is 78.0. The van der Waals surface area contributed by atoms with Crippen LogP contribution in [0.2, 0.25) is 0 Å². The zero-order valence-corrected chi connectivity index (χ0v) is 60.0. The van der Waals surface area contributed by atoms with Gasteiger partial charge in [-0.05, 0) is 0 Å². The Labute approximate surface area is 318 Å². The van der Waals surface area contributed by atoms with Gasteiger partial charge in [0.05, 0.1) is 0 Å². The Morgan fingerprint density at radius 3 is 0.925 bits per heavy atom. The van der Waals surface area contributed by atoms with Crippen molar-refractivity contribution in [1.29, 1.82) is 0 Å². The van der Waals surface area contributed by atoms with E-state index < -0.39 is 0 Å². The topological polar surface area (TPSA) is 0 Å². The molecule has 0 amide bonds. The quantitative estimate of drug-likeness (QED) is 0.0764. The van der Waals surface area contributed by atoms with E-state index >= 15 is 0 Å². The molecule has 0 aromatic carbocycles. The van der Waals surface area contributed by atoms with Gasteiger partial charge in [0.1, 0.15) is 0 Å². The van der Waals surface area contributed by atoms with Crippen LogP contribution in [0.1, 0.15) is 0 Å². The normalized spacial score (nSPS) is 17.3. The van der Waals surface area contributed by atoms with Gasteiger partial charge in [0.25, 0.3) is 0 Å². The Bertz CT molecular complexity index is 653. The summed E-state index contributed by atoms with van der Waals surface area (Å²) in [6, 6.07) is 0. The van der Waals surface area contributed by atoms with Gasteiger partial charge < -0.3 is 0 Å². The van der Waals surface area contributed by atoms with Gasteiger partial charge in [0.15, 0.2) is 0 Å². The van der Waals surface area contributed by atoms with Crippen molar-refractivity contribution in [2.75, 3.05) is 0 Å². The van der Waals surface area contributed by atoms with Crippen LogP contribution in [0.25, 0.3) is 0 Å². The summed E-state index contributed by atoms with van der Waals surface area (Å²) in [6.07, 6.45) is 0. The molecule has 0 aliphatic heterocycles. The average molecular weight is 1260 g/mol. The van der Waals surface area contributed by atoms with E-state index in [2.05, 4.69) is 166 Å². The molecule has 0 aromatic rings. The molecule has 23 atom stereocenters. The van der Waals surface area contributed by atoms with E-state index in [1.165, 1.54) is 10.8 Å². The van der Waals surface area contributed by atoms with E-state index in [0.29, 0.717) is 0 Å². The van der Waals surface area contributed by atoms with Gasteiger partial charge in [-0.3, -0.25) is 0 Å². The molecule has 0 N–H and O–H groups in total. The molecule has 40 heteroatoms. The van der Waals surface area contributed by atoms with E-state index in [0.717, 1.165) is 7.96 Å². The second kappa shape index (κ2) is 32.2. The summed E-state index contributed by atoms with van der Waals surface area (Å²) in [5, 5.41) is 0. The zero-order chi connectivity index (χ0) is 31.6. The first-order valence-electron chi connectivity index (χ1n) is 9.00. The van der Waals surface area contributed by atoms with E-state index in [4.69, 9.17) is 12.1 Å². The zero-order valence-electron chi connectivity index (χ0n) is 20.4. The van der Waals surface area contributed by atoms with Gasteiger partial charge >= 0.3 is 323 Å². The predicted octanol–water partition coefficient (Wildman–Crippen LogP) is 22.0. The van der Waals surface area contributed by atoms with Crippen LogP contribution < -0.4 is 0 Å². The molecule has 238 valence electrons. The van der Waals surface area contributed by atoms with E-state index in [1.54, 1.807) is 7.04 Å². The fraction of sp³-hybridized carbons (Fsp3) is 0. The van der Waals surface area contributed by atoms with Crippen LogP contribution in [0.15, 0.2) is 0 Å². The van der Waals surface area contributed by atoms with Gasteiger partial charge in [-0.15, -0.1) is 0 Å². The molecule has 23 unspecified atom stereocenters. The summed E-state index contributed by atoms with van der Waals surface area (Å²) >= 11 is 5.60. The molecule has 0 saturated carbocycles. The third-order valence-electron chi connectivity index (χ3n) is 3.28. The van der Waals surface area contributed by atoms with Crippen molar-refractivity contribution < 1.29 is 0 Å². The van der Waals surface area contributed by atoms with Crippen LogP contribution in [-0.2, 0) is 10.8 Å². The van der Waals surface area contributed by atoms with Crippen molar-refractivity contribution in [3.8, 4) is 0 Å². The van der Waals surface area contributed by atoms with Crippen LogP contribution in [0.4, 0.5) is 0 Å². The molecule has 40 heavy (non-hydrogen) atoms. The Balaban J connectivity index is 8.14. The molecule has 0 aliphatic rings. The third-order valence-corrected chi connectivity index (χ3v) is 260. The number of hydrogen-bond acceptors (Lipinski definition) is 1. The van der Waals surface area contributed by atoms with Gasteiger partial charge in [-0.25, -0.2) is 0 Å². The van der Waals surface area contributed by atoms with Crippen molar-refractivity contribution in [3.63, 3.8) is 0 Å².